The van der Waals surface area contributed by atoms with Gasteiger partial charge < -0.3 is 40.3 Å². The van der Waals surface area contributed by atoms with Gasteiger partial charge in [0.05, 0.1) is 25.4 Å². The van der Waals surface area contributed by atoms with Crippen molar-refractivity contribution in [3.63, 3.8) is 0 Å². The van der Waals surface area contributed by atoms with Crippen LogP contribution in [0.3, 0.4) is 0 Å². The highest BCUT2D eigenvalue weighted by atomic mass is 16.7. The molecular formula is C51H87NO8. The van der Waals surface area contributed by atoms with Crippen LogP contribution in [-0.2, 0) is 14.3 Å². The van der Waals surface area contributed by atoms with Gasteiger partial charge >= 0.3 is 0 Å². The minimum atomic E-state index is -1.58. The van der Waals surface area contributed by atoms with Crippen LogP contribution in [0.5, 0.6) is 0 Å². The number of ether oxygens (including phenoxy) is 2. The summed E-state index contributed by atoms with van der Waals surface area (Å²) >= 11 is 0. The Morgan fingerprint density at radius 2 is 1.05 bits per heavy atom. The number of allylic oxidation sites excluding steroid dienone is 13. The van der Waals surface area contributed by atoms with Crippen LogP contribution in [0.15, 0.2) is 85.1 Å². The number of aliphatic hydroxyl groups excluding tert-OH is 5. The smallest absolute Gasteiger partial charge is 0.220 e. The van der Waals surface area contributed by atoms with Crippen molar-refractivity contribution in [3.05, 3.63) is 85.1 Å². The second kappa shape index (κ2) is 40.4. The molecule has 9 nitrogen and oxygen atoms in total. The number of hydrogen-bond acceptors (Lipinski definition) is 8. The minimum absolute atomic E-state index is 0.210. The van der Waals surface area contributed by atoms with Gasteiger partial charge in [-0.2, -0.15) is 0 Å². The molecule has 1 amide bonds. The highest BCUT2D eigenvalue weighted by Gasteiger charge is 2.44. The number of rotatable bonds is 38. The fraction of sp³-hybridized carbons (Fsp3) is 0.706. The molecule has 6 N–H and O–H groups in total. The zero-order valence-corrected chi connectivity index (χ0v) is 37.7. The van der Waals surface area contributed by atoms with Gasteiger partial charge in [-0.3, -0.25) is 4.79 Å². The molecule has 1 aliphatic rings. The van der Waals surface area contributed by atoms with Gasteiger partial charge in [0.15, 0.2) is 6.29 Å². The van der Waals surface area contributed by atoms with Crippen molar-refractivity contribution in [3.8, 4) is 0 Å². The molecule has 0 radical (unpaired) electrons. The molecule has 9 heteroatoms. The quantitative estimate of drug-likeness (QED) is 0.0266. The summed E-state index contributed by atoms with van der Waals surface area (Å²) in [7, 11) is 0. The van der Waals surface area contributed by atoms with Crippen LogP contribution in [-0.4, -0.2) is 87.5 Å². The van der Waals surface area contributed by atoms with Crippen LogP contribution >= 0.6 is 0 Å². The Morgan fingerprint density at radius 1 is 0.583 bits per heavy atom. The maximum atomic E-state index is 13.0. The molecule has 344 valence electrons. The molecule has 0 aromatic heterocycles. The molecule has 60 heavy (non-hydrogen) atoms. The third-order valence-corrected chi connectivity index (χ3v) is 10.7. The monoisotopic (exact) mass is 842 g/mol. The number of nitrogens with one attached hydrogen (secondary N) is 1. The van der Waals surface area contributed by atoms with Crippen molar-refractivity contribution in [2.24, 2.45) is 0 Å². The molecule has 0 aliphatic carbocycles. The first kappa shape index (κ1) is 55.4. The molecular weight excluding hydrogens is 755 g/mol. The van der Waals surface area contributed by atoms with E-state index >= 15 is 0 Å². The van der Waals surface area contributed by atoms with E-state index < -0.39 is 49.5 Å². The topological polar surface area (TPSA) is 149 Å². The van der Waals surface area contributed by atoms with Crippen LogP contribution in [0.4, 0.5) is 0 Å². The van der Waals surface area contributed by atoms with Crippen molar-refractivity contribution in [2.75, 3.05) is 13.2 Å². The van der Waals surface area contributed by atoms with Crippen LogP contribution in [0, 0.1) is 0 Å². The lowest BCUT2D eigenvalue weighted by Gasteiger charge is -2.40. The zero-order chi connectivity index (χ0) is 43.7. The molecule has 1 aliphatic heterocycles. The number of amides is 1. The van der Waals surface area contributed by atoms with Crippen LogP contribution in [0.25, 0.3) is 0 Å². The number of unbranched alkanes of at least 4 members (excludes halogenated alkanes) is 16. The summed E-state index contributed by atoms with van der Waals surface area (Å²) in [5, 5.41) is 54.2. The first-order valence-corrected chi connectivity index (χ1v) is 23.8. The van der Waals surface area contributed by atoms with Crippen molar-refractivity contribution >= 4 is 5.91 Å². The van der Waals surface area contributed by atoms with E-state index in [9.17, 15) is 30.3 Å². The molecule has 7 unspecified atom stereocenters. The molecule has 0 saturated carbocycles. The molecule has 0 aromatic carbocycles. The standard InChI is InChI=1S/C51H87NO8/c1-3-5-7-9-11-13-15-17-19-21-22-23-24-25-27-29-31-33-35-37-39-41-47(55)52-44(43-59-51-50(58)49(57)48(56)46(42-53)60-51)45(54)40-38-36-34-32-30-28-26-20-18-16-14-12-10-8-6-4-2/h5,7,11,13,17,19,22-23,25,27,30,32,38,40,44-46,48-51,53-54,56-58H,3-4,6,8-10,12,14-16,18,20-21,24,26,28-29,31,33-37,39,41-43H2,1-2H3,(H,52,55)/b7-5-,13-11-,19-17-,23-22-,27-25-,32-30+,40-38+. The van der Waals surface area contributed by atoms with E-state index in [1.54, 1.807) is 6.08 Å². The number of hydrogen-bond donors (Lipinski definition) is 6. The molecule has 1 heterocycles. The normalized spacial score (nSPS) is 21.4. The number of carbonyl (C=O) groups is 1. The molecule has 0 spiro atoms. The van der Waals surface area contributed by atoms with E-state index in [1.165, 1.54) is 64.2 Å². The van der Waals surface area contributed by atoms with E-state index in [0.717, 1.165) is 89.9 Å². The first-order valence-electron chi connectivity index (χ1n) is 23.8. The minimum Gasteiger partial charge on any atom is -0.394 e. The van der Waals surface area contributed by atoms with E-state index in [0.29, 0.717) is 6.42 Å². The summed E-state index contributed by atoms with van der Waals surface area (Å²) in [5.41, 5.74) is 0. The van der Waals surface area contributed by atoms with Crippen molar-refractivity contribution < 1.29 is 39.8 Å². The zero-order valence-electron chi connectivity index (χ0n) is 37.7. The first-order chi connectivity index (χ1) is 29.3. The fourth-order valence-electron chi connectivity index (χ4n) is 6.90. The van der Waals surface area contributed by atoms with Crippen molar-refractivity contribution in [1.29, 1.82) is 0 Å². The molecule has 7 atom stereocenters. The summed E-state index contributed by atoms with van der Waals surface area (Å²) in [6.07, 6.45) is 49.1. The average molecular weight is 842 g/mol. The van der Waals surface area contributed by atoms with E-state index in [-0.39, 0.29) is 12.5 Å². The van der Waals surface area contributed by atoms with E-state index in [4.69, 9.17) is 9.47 Å². The Morgan fingerprint density at radius 3 is 1.60 bits per heavy atom. The summed E-state index contributed by atoms with van der Waals surface area (Å²) < 4.78 is 11.2. The van der Waals surface area contributed by atoms with E-state index in [2.05, 4.69) is 92.1 Å². The van der Waals surface area contributed by atoms with E-state index in [1.807, 2.05) is 6.08 Å². The average Bonchev–Trinajstić information content (AvgIpc) is 3.25. The van der Waals surface area contributed by atoms with Gasteiger partial charge in [-0.25, -0.2) is 0 Å². The lowest BCUT2D eigenvalue weighted by Crippen LogP contribution is -2.60. The summed E-state index contributed by atoms with van der Waals surface area (Å²) in [6.45, 7) is 3.61. The van der Waals surface area contributed by atoms with Crippen LogP contribution < -0.4 is 5.32 Å². The lowest BCUT2D eigenvalue weighted by molar-refractivity contribution is -0.302. The Bertz CT molecular complexity index is 1210. The molecule has 1 rings (SSSR count). The van der Waals surface area contributed by atoms with Crippen LogP contribution in [0.1, 0.15) is 174 Å². The second-order valence-corrected chi connectivity index (χ2v) is 16.2. The second-order valence-electron chi connectivity index (χ2n) is 16.2. The SMILES string of the molecule is CC/C=C\C/C=C\C/C=C\C/C=C\C/C=C\CCCCCCCC(=O)NC(COC1OC(CO)C(O)C(O)C1O)C(O)/C=C/CC/C=C/CCCCCCCCCCCC. The van der Waals surface area contributed by atoms with Gasteiger partial charge in [0, 0.05) is 6.42 Å². The number of aliphatic hydroxyl groups is 5. The van der Waals surface area contributed by atoms with Gasteiger partial charge in [0.1, 0.15) is 24.4 Å². The predicted molar refractivity (Wildman–Crippen MR) is 248 cm³/mol. The largest absolute Gasteiger partial charge is 0.394 e. The maximum Gasteiger partial charge on any atom is 0.220 e. The third kappa shape index (κ3) is 30.4. The van der Waals surface area contributed by atoms with Crippen molar-refractivity contribution in [1.82, 2.24) is 5.32 Å². The molecule has 0 aromatic rings. The summed E-state index contributed by atoms with van der Waals surface area (Å²) in [6, 6.07) is -0.837. The van der Waals surface area contributed by atoms with Gasteiger partial charge in [-0.15, -0.1) is 0 Å². The van der Waals surface area contributed by atoms with Gasteiger partial charge in [-0.1, -0.05) is 176 Å². The summed E-state index contributed by atoms with van der Waals surface area (Å²) in [5.74, 6) is -0.210. The Labute approximate surface area is 365 Å². The Kier molecular flexibility index (Phi) is 37.3. The molecule has 1 fully saturated rings. The fourth-order valence-corrected chi connectivity index (χ4v) is 6.90. The highest BCUT2D eigenvalue weighted by Crippen LogP contribution is 2.22. The van der Waals surface area contributed by atoms with Crippen LogP contribution in [0.2, 0.25) is 0 Å². The molecule has 1 saturated heterocycles. The third-order valence-electron chi connectivity index (χ3n) is 10.7. The Balaban J connectivity index is 2.39. The maximum absolute atomic E-state index is 13.0. The lowest BCUT2D eigenvalue weighted by atomic mass is 9.99. The number of carbonyl (C=O) groups excluding carboxylic acids is 1. The highest BCUT2D eigenvalue weighted by molar-refractivity contribution is 5.76. The predicted octanol–water partition coefficient (Wildman–Crippen LogP) is 10.3. The molecule has 0 bridgehead atoms. The van der Waals surface area contributed by atoms with Crippen molar-refractivity contribution in [2.45, 2.75) is 217 Å². The van der Waals surface area contributed by atoms with Gasteiger partial charge in [-0.05, 0) is 77.0 Å². The van der Waals surface area contributed by atoms with Gasteiger partial charge in [0.2, 0.25) is 5.91 Å². The summed E-state index contributed by atoms with van der Waals surface area (Å²) in [4.78, 5) is 13.0. The van der Waals surface area contributed by atoms with Gasteiger partial charge in [0.25, 0.3) is 0 Å². The Hall–Kier alpha value is -2.63.